The Kier molecular flexibility index (Phi) is 5.08. The number of fused-ring (bicyclic) bond motifs is 1. The molecule has 0 aliphatic carbocycles. The maximum Gasteiger partial charge on any atom is 0.135 e. The molecule has 0 unspecified atom stereocenters. The number of aromatic nitrogens is 3. The number of thioether (sulfide) groups is 1. The summed E-state index contributed by atoms with van der Waals surface area (Å²) in [5.74, 6) is 2.37. The van der Waals surface area contributed by atoms with Crippen LogP contribution in [0.4, 0.5) is 0 Å². The van der Waals surface area contributed by atoms with E-state index in [1.54, 1.807) is 22.0 Å². The van der Waals surface area contributed by atoms with Gasteiger partial charge in [-0.3, -0.25) is 0 Å². The maximum absolute atomic E-state index is 6.36. The Labute approximate surface area is 145 Å². The van der Waals surface area contributed by atoms with Gasteiger partial charge in [0.25, 0.3) is 0 Å². The molecule has 4 nitrogen and oxygen atoms in total. The Bertz CT molecular complexity index is 819. The lowest BCUT2D eigenvalue weighted by atomic mass is 10.3. The quantitative estimate of drug-likeness (QED) is 0.599. The van der Waals surface area contributed by atoms with Crippen molar-refractivity contribution in [3.05, 3.63) is 47.9 Å². The fraction of sp³-hybridized carbons (Fsp3) is 0.294. The van der Waals surface area contributed by atoms with E-state index < -0.39 is 0 Å². The molecule has 0 radical (unpaired) electrons. The number of rotatable bonds is 6. The largest absolute Gasteiger partial charge is 0.493 e. The van der Waals surface area contributed by atoms with Gasteiger partial charge >= 0.3 is 0 Å². The van der Waals surface area contributed by atoms with Gasteiger partial charge in [-0.1, -0.05) is 30.8 Å². The molecule has 3 aromatic rings. The molecule has 0 atom stereocenters. The average Bonchev–Trinajstić information content (AvgIpc) is 2.89. The lowest BCUT2D eigenvalue weighted by molar-refractivity contribution is 0.314. The molecule has 120 valence electrons. The Morgan fingerprint density at radius 3 is 2.87 bits per heavy atom. The third-order valence-electron chi connectivity index (χ3n) is 3.48. The highest BCUT2D eigenvalue weighted by Crippen LogP contribution is 2.30. The van der Waals surface area contributed by atoms with Crippen LogP contribution in [0.25, 0.3) is 11.0 Å². The number of nitrogens with zero attached hydrogens (tertiary/aromatic N) is 3. The van der Waals surface area contributed by atoms with E-state index in [0.29, 0.717) is 12.4 Å². The number of hydrogen-bond acceptors (Lipinski definition) is 4. The van der Waals surface area contributed by atoms with Gasteiger partial charge in [-0.05, 0) is 31.5 Å². The smallest absolute Gasteiger partial charge is 0.135 e. The first-order chi connectivity index (χ1) is 11.2. The lowest BCUT2D eigenvalue weighted by Crippen LogP contribution is -1.99. The molecule has 2 heterocycles. The molecular weight excluding hydrogens is 330 g/mol. The molecule has 0 spiro atoms. The molecule has 23 heavy (non-hydrogen) atoms. The molecule has 0 amide bonds. The van der Waals surface area contributed by atoms with Crippen molar-refractivity contribution in [1.29, 1.82) is 0 Å². The van der Waals surface area contributed by atoms with Crippen LogP contribution in [0.1, 0.15) is 24.7 Å². The van der Waals surface area contributed by atoms with E-state index >= 15 is 0 Å². The third kappa shape index (κ3) is 3.46. The zero-order valence-electron chi connectivity index (χ0n) is 13.1. The fourth-order valence-corrected chi connectivity index (χ4v) is 3.51. The number of benzene rings is 1. The molecule has 6 heteroatoms. The van der Waals surface area contributed by atoms with Crippen LogP contribution < -0.4 is 4.74 Å². The average molecular weight is 348 g/mol. The van der Waals surface area contributed by atoms with Gasteiger partial charge in [-0.15, -0.1) is 0 Å². The highest BCUT2D eigenvalue weighted by atomic mass is 35.5. The first-order valence-electron chi connectivity index (χ1n) is 7.54. The van der Waals surface area contributed by atoms with Crippen molar-refractivity contribution in [2.24, 2.45) is 0 Å². The molecule has 2 aromatic heterocycles. The summed E-state index contributed by atoms with van der Waals surface area (Å²) in [5.41, 5.74) is 2.89. The van der Waals surface area contributed by atoms with Crippen molar-refractivity contribution in [3.8, 4) is 5.75 Å². The predicted octanol–water partition coefficient (Wildman–Crippen LogP) is 4.82. The molecule has 0 bridgehead atoms. The van der Waals surface area contributed by atoms with E-state index in [4.69, 9.17) is 16.5 Å². The fourth-order valence-electron chi connectivity index (χ4n) is 2.28. The molecular formula is C17H18ClN3OS. The Morgan fingerprint density at radius 1 is 1.26 bits per heavy atom. The maximum atomic E-state index is 6.36. The predicted molar refractivity (Wildman–Crippen MR) is 95.3 cm³/mol. The van der Waals surface area contributed by atoms with Gasteiger partial charge in [0.15, 0.2) is 0 Å². The number of pyridine rings is 1. The van der Waals surface area contributed by atoms with Gasteiger partial charge in [0, 0.05) is 23.5 Å². The molecule has 0 fully saturated rings. The van der Waals surface area contributed by atoms with Crippen molar-refractivity contribution in [3.63, 3.8) is 0 Å². The highest BCUT2D eigenvalue weighted by Gasteiger charge is 2.12. The number of hydrogen-bond donors (Lipinski definition) is 0. The molecule has 1 aromatic carbocycles. The first kappa shape index (κ1) is 16.1. The van der Waals surface area contributed by atoms with Crippen molar-refractivity contribution in [2.45, 2.75) is 31.0 Å². The van der Waals surface area contributed by atoms with Gasteiger partial charge in [0.05, 0.1) is 23.4 Å². The minimum absolute atomic E-state index is 0.656. The van der Waals surface area contributed by atoms with Crippen molar-refractivity contribution in [1.82, 2.24) is 14.1 Å². The lowest BCUT2D eigenvalue weighted by Gasteiger charge is -2.10. The first-order valence-corrected chi connectivity index (χ1v) is 8.86. The highest BCUT2D eigenvalue weighted by molar-refractivity contribution is 7.98. The van der Waals surface area contributed by atoms with Crippen molar-refractivity contribution >= 4 is 34.6 Å². The SMILES string of the molecule is CCCOc1ccnc(SCc2nc3ccccc3n2Cl)c1C. The summed E-state index contributed by atoms with van der Waals surface area (Å²) in [6, 6.07) is 9.76. The molecule has 0 aliphatic heterocycles. The second kappa shape index (κ2) is 7.23. The van der Waals surface area contributed by atoms with E-state index in [9.17, 15) is 0 Å². The Balaban J connectivity index is 1.78. The zero-order chi connectivity index (χ0) is 16.2. The van der Waals surface area contributed by atoms with Crippen LogP contribution in [-0.2, 0) is 5.75 Å². The van der Waals surface area contributed by atoms with Gasteiger partial charge in [0.1, 0.15) is 16.6 Å². The summed E-state index contributed by atoms with van der Waals surface area (Å²) in [6.07, 6.45) is 2.77. The summed E-state index contributed by atoms with van der Waals surface area (Å²) in [5, 5.41) is 0.947. The summed E-state index contributed by atoms with van der Waals surface area (Å²) in [4.78, 5) is 9.03. The topological polar surface area (TPSA) is 39.9 Å². The summed E-state index contributed by atoms with van der Waals surface area (Å²) >= 11 is 7.98. The van der Waals surface area contributed by atoms with Crippen molar-refractivity contribution < 1.29 is 4.74 Å². The van der Waals surface area contributed by atoms with Crippen LogP contribution in [0.3, 0.4) is 0 Å². The molecule has 0 saturated carbocycles. The van der Waals surface area contributed by atoms with Crippen LogP contribution in [0.2, 0.25) is 0 Å². The van der Waals surface area contributed by atoms with E-state index in [0.717, 1.165) is 39.6 Å². The van der Waals surface area contributed by atoms with Gasteiger partial charge < -0.3 is 4.74 Å². The second-order valence-electron chi connectivity index (χ2n) is 5.17. The minimum atomic E-state index is 0.656. The van der Waals surface area contributed by atoms with E-state index in [2.05, 4.69) is 16.9 Å². The third-order valence-corrected chi connectivity index (χ3v) is 4.94. The Morgan fingerprint density at radius 2 is 2.09 bits per heavy atom. The van der Waals surface area contributed by atoms with Crippen LogP contribution in [0, 0.1) is 6.92 Å². The normalized spacial score (nSPS) is 11.1. The summed E-state index contributed by atoms with van der Waals surface area (Å²) in [7, 11) is 0. The number of imidazole rings is 1. The molecule has 0 N–H and O–H groups in total. The number of para-hydroxylation sites is 2. The second-order valence-corrected chi connectivity index (χ2v) is 6.48. The summed E-state index contributed by atoms with van der Waals surface area (Å²) < 4.78 is 7.37. The van der Waals surface area contributed by atoms with Gasteiger partial charge in [-0.25, -0.2) is 14.1 Å². The van der Waals surface area contributed by atoms with E-state index in [-0.39, 0.29) is 0 Å². The van der Waals surface area contributed by atoms with Crippen LogP contribution >= 0.6 is 23.5 Å². The van der Waals surface area contributed by atoms with Gasteiger partial charge in [0.2, 0.25) is 0 Å². The molecule has 3 rings (SSSR count). The van der Waals surface area contributed by atoms with E-state index in [1.807, 2.05) is 37.3 Å². The standard InChI is InChI=1S/C17H18ClN3OS/c1-3-10-22-15-8-9-19-17(12(15)2)23-11-16-20-13-6-4-5-7-14(13)21(16)18/h4-9H,3,10-11H2,1-2H3. The van der Waals surface area contributed by atoms with Gasteiger partial charge in [-0.2, -0.15) is 0 Å². The van der Waals surface area contributed by atoms with Crippen LogP contribution in [0.5, 0.6) is 5.75 Å². The van der Waals surface area contributed by atoms with Crippen molar-refractivity contribution in [2.75, 3.05) is 6.61 Å². The van der Waals surface area contributed by atoms with Crippen LogP contribution in [0.15, 0.2) is 41.6 Å². The summed E-state index contributed by atoms with van der Waals surface area (Å²) in [6.45, 7) is 4.84. The monoisotopic (exact) mass is 347 g/mol. The molecule has 0 saturated heterocycles. The molecule has 0 aliphatic rings. The van der Waals surface area contributed by atoms with E-state index in [1.165, 1.54) is 0 Å². The Hall–Kier alpha value is -1.72. The number of ether oxygens (including phenoxy) is 1. The minimum Gasteiger partial charge on any atom is -0.493 e. The zero-order valence-corrected chi connectivity index (χ0v) is 14.7. The number of halogens is 1. The van der Waals surface area contributed by atoms with Crippen LogP contribution in [-0.4, -0.2) is 20.7 Å².